The molecule has 0 fully saturated rings. The summed E-state index contributed by atoms with van der Waals surface area (Å²) in [6.45, 7) is 0. The average molecular weight is 244 g/mol. The number of rotatable bonds is 1. The molecule has 42 valence electrons. The molecule has 0 aliphatic rings. The summed E-state index contributed by atoms with van der Waals surface area (Å²) in [5.41, 5.74) is 1.26. The Morgan fingerprint density at radius 3 is 2.44 bits per heavy atom. The second kappa shape index (κ2) is 3.47. The summed E-state index contributed by atoms with van der Waals surface area (Å²) in [6, 6.07) is 7.97. The van der Waals surface area contributed by atoms with E-state index in [4.69, 9.17) is 11.6 Å². The van der Waals surface area contributed by atoms with Gasteiger partial charge in [0.15, 0.2) is 0 Å². The molecule has 0 bridgehead atoms. The topological polar surface area (TPSA) is 0 Å². The van der Waals surface area contributed by atoms with E-state index in [1.54, 1.807) is 0 Å². The molecule has 1 aromatic rings. The number of benzene rings is 1. The van der Waals surface area contributed by atoms with Crippen molar-refractivity contribution in [2.75, 3.05) is 0 Å². The first-order chi connectivity index (χ1) is 4.34. The summed E-state index contributed by atoms with van der Waals surface area (Å²) in [4.78, 5) is 0. The van der Waals surface area contributed by atoms with Crippen molar-refractivity contribution in [2.24, 2.45) is 0 Å². The molecule has 1 rings (SSSR count). The van der Waals surface area contributed by atoms with E-state index in [1.807, 2.05) is 18.2 Å². The Morgan fingerprint density at radius 2 is 2.00 bits per heavy atom. The van der Waals surface area contributed by atoms with Gasteiger partial charge in [0.05, 0.1) is 0 Å². The fourth-order valence-electron chi connectivity index (χ4n) is 0.642. The Bertz CT molecular complexity index is 198. The summed E-state index contributed by atoms with van der Waals surface area (Å²) in [5.74, 6) is 0. The van der Waals surface area contributed by atoms with Crippen LogP contribution in [0, 0.1) is 0 Å². The van der Waals surface area contributed by atoms with Crippen LogP contribution in [0.15, 0.2) is 24.3 Å². The van der Waals surface area contributed by atoms with Gasteiger partial charge in [-0.25, -0.2) is 0 Å². The van der Waals surface area contributed by atoms with Crippen molar-refractivity contribution in [1.29, 1.82) is 0 Å². The molecule has 0 atom stereocenters. The Labute approximate surface area is 73.3 Å². The molecule has 0 aliphatic heterocycles. The second-order valence-corrected chi connectivity index (χ2v) is 3.18. The van der Waals surface area contributed by atoms with Gasteiger partial charge < -0.3 is 0 Å². The number of hydrogen-bond donors (Lipinski definition) is 0. The van der Waals surface area contributed by atoms with Crippen LogP contribution in [0.1, 0.15) is 5.56 Å². The van der Waals surface area contributed by atoms with Gasteiger partial charge in [-0.05, 0) is 0 Å². The van der Waals surface area contributed by atoms with Gasteiger partial charge in [0.2, 0.25) is 0 Å². The van der Waals surface area contributed by atoms with Crippen molar-refractivity contribution in [3.63, 3.8) is 0 Å². The molecule has 0 saturated heterocycles. The zero-order valence-electron chi connectivity index (χ0n) is 4.89. The third-order valence-corrected chi connectivity index (χ3v) is 2.60. The van der Waals surface area contributed by atoms with Crippen LogP contribution in [0.25, 0.3) is 0 Å². The van der Waals surface area contributed by atoms with Gasteiger partial charge in [0.25, 0.3) is 0 Å². The van der Waals surface area contributed by atoms with E-state index in [0.29, 0.717) is 0 Å². The van der Waals surface area contributed by atoms with Crippen molar-refractivity contribution >= 4 is 34.1 Å². The van der Waals surface area contributed by atoms with Gasteiger partial charge in [0, 0.05) is 0 Å². The van der Waals surface area contributed by atoms with Crippen molar-refractivity contribution in [3.8, 4) is 0 Å². The molecule has 0 aliphatic carbocycles. The van der Waals surface area contributed by atoms with E-state index in [0.717, 1.165) is 9.46 Å². The molecule has 2 heteroatoms. The van der Waals surface area contributed by atoms with Crippen molar-refractivity contribution in [3.05, 3.63) is 34.9 Å². The molecular weight excluding hydrogens is 238 g/mol. The Hall–Kier alpha value is 0.309. The van der Waals surface area contributed by atoms with E-state index in [1.165, 1.54) is 28.1 Å². The summed E-state index contributed by atoms with van der Waals surface area (Å²) in [7, 11) is 0. The van der Waals surface area contributed by atoms with Crippen LogP contribution in [-0.4, -0.2) is 22.5 Å². The summed E-state index contributed by atoms with van der Waals surface area (Å²) in [6.07, 6.45) is 0. The third kappa shape index (κ3) is 1.87. The maximum absolute atomic E-state index is 5.84. The monoisotopic (exact) mass is 245 g/mol. The van der Waals surface area contributed by atoms with Crippen molar-refractivity contribution in [1.82, 2.24) is 0 Å². The van der Waals surface area contributed by atoms with Gasteiger partial charge in [-0.2, -0.15) is 0 Å². The van der Waals surface area contributed by atoms with Crippen LogP contribution in [0.5, 0.6) is 0 Å². The molecule has 0 N–H and O–H groups in total. The van der Waals surface area contributed by atoms with Crippen LogP contribution >= 0.6 is 11.6 Å². The van der Waals surface area contributed by atoms with Crippen LogP contribution in [0.2, 0.25) is 5.02 Å². The first-order valence-electron chi connectivity index (χ1n) is 2.72. The quantitative estimate of drug-likeness (QED) is 0.663. The molecule has 9 heavy (non-hydrogen) atoms. The predicted molar refractivity (Wildman–Crippen MR) is 40.9 cm³/mol. The molecule has 0 radical (unpaired) electrons. The van der Waals surface area contributed by atoms with Crippen LogP contribution in [0.3, 0.4) is 0 Å². The van der Waals surface area contributed by atoms with E-state index in [2.05, 4.69) is 6.07 Å². The molecule has 0 saturated carbocycles. The third-order valence-electron chi connectivity index (χ3n) is 1.15. The van der Waals surface area contributed by atoms with Gasteiger partial charge in [-0.3, -0.25) is 0 Å². The summed E-state index contributed by atoms with van der Waals surface area (Å²) < 4.78 is 1.10. The normalized spacial score (nSPS) is 9.67. The van der Waals surface area contributed by atoms with E-state index in [-0.39, 0.29) is 0 Å². The number of hydrogen-bond acceptors (Lipinski definition) is 0. The van der Waals surface area contributed by atoms with E-state index < -0.39 is 0 Å². The zero-order valence-corrected chi connectivity index (χ0v) is 8.50. The molecule has 0 nitrogen and oxygen atoms in total. The molecule has 0 heterocycles. The maximum atomic E-state index is 5.84. The summed E-state index contributed by atoms with van der Waals surface area (Å²) in [5, 5.41) is 0.898. The predicted octanol–water partition coefficient (Wildman–Crippen LogP) is 2.01. The fourth-order valence-corrected chi connectivity index (χ4v) is 2.04. The van der Waals surface area contributed by atoms with Gasteiger partial charge in [-0.15, -0.1) is 0 Å². The van der Waals surface area contributed by atoms with Crippen LogP contribution < -0.4 is 0 Å². The van der Waals surface area contributed by atoms with E-state index in [9.17, 15) is 0 Å². The number of halogens is 1. The molecule has 0 unspecified atom stereocenters. The second-order valence-electron chi connectivity index (χ2n) is 1.77. The van der Waals surface area contributed by atoms with Crippen molar-refractivity contribution in [2.45, 2.75) is 4.44 Å². The van der Waals surface area contributed by atoms with Crippen LogP contribution in [-0.2, 0) is 4.44 Å². The van der Waals surface area contributed by atoms with Gasteiger partial charge in [-0.1, -0.05) is 0 Å². The molecule has 0 spiro atoms. The molecule has 0 aromatic heterocycles. The van der Waals surface area contributed by atoms with Crippen molar-refractivity contribution < 1.29 is 0 Å². The van der Waals surface area contributed by atoms with Gasteiger partial charge >= 0.3 is 73.4 Å². The standard InChI is InChI=1S/C7H6Cl.Sn/c1-6-4-2-3-5-7(6)8;/h2-5H,1H2;/q;+3. The first-order valence-corrected chi connectivity index (χ1v) is 5.12. The minimum absolute atomic E-state index is 0.898. The summed E-state index contributed by atoms with van der Waals surface area (Å²) >= 11 is 7.35. The molecule has 1 aromatic carbocycles. The molecular formula is C7H6ClSn+3. The van der Waals surface area contributed by atoms with Gasteiger partial charge in [0.1, 0.15) is 0 Å². The minimum atomic E-state index is 0.898. The Kier molecular flexibility index (Phi) is 2.86. The molecule has 0 amide bonds. The fraction of sp³-hybridized carbons (Fsp3) is 0.143. The Morgan fingerprint density at radius 1 is 1.33 bits per heavy atom. The first kappa shape index (κ1) is 7.42. The average Bonchev–Trinajstić information content (AvgIpc) is 1.89. The SMILES string of the molecule is Clc1ccccc1[CH2][Sn+3]. The zero-order chi connectivity index (χ0) is 6.69. The van der Waals surface area contributed by atoms with E-state index >= 15 is 0 Å². The van der Waals surface area contributed by atoms with Crippen LogP contribution in [0.4, 0.5) is 0 Å². The Balaban J connectivity index is 3.01.